The Morgan fingerprint density at radius 1 is 1.82 bits per heavy atom. The number of hydrogen-bond donors (Lipinski definition) is 1. The van der Waals surface area contributed by atoms with Gasteiger partial charge in [-0.15, -0.1) is 0 Å². The topological polar surface area (TPSA) is 55.0 Å². The van der Waals surface area contributed by atoms with Crippen LogP contribution in [-0.2, 0) is 11.3 Å². The Labute approximate surface area is 71.7 Å². The van der Waals surface area contributed by atoms with Crippen molar-refractivity contribution < 1.29 is 4.74 Å². The van der Waals surface area contributed by atoms with Crippen molar-refractivity contribution in [3.05, 3.63) is 26.8 Å². The van der Waals surface area contributed by atoms with Crippen LogP contribution in [0.3, 0.4) is 0 Å². The van der Waals surface area contributed by atoms with E-state index in [1.54, 1.807) is 7.11 Å². The number of aromatic nitrogens is 2. The number of ether oxygens (including phenoxy) is 1. The second-order valence-electron chi connectivity index (χ2n) is 1.93. The molecule has 11 heavy (non-hydrogen) atoms. The standard InChI is InChI=1S/C6H7BrN2O2/c1-11-2-4-5(7)6(10)9-3-8-4/h3H,2H2,1H3,(H,8,9,10). The summed E-state index contributed by atoms with van der Waals surface area (Å²) >= 11 is 3.09. The lowest BCUT2D eigenvalue weighted by Gasteiger charge is -1.98. The fraction of sp³-hybridized carbons (Fsp3) is 0.333. The Morgan fingerprint density at radius 3 is 3.18 bits per heavy atom. The molecule has 5 heteroatoms. The highest BCUT2D eigenvalue weighted by molar-refractivity contribution is 9.10. The van der Waals surface area contributed by atoms with Crippen LogP contribution in [0.4, 0.5) is 0 Å². The van der Waals surface area contributed by atoms with Gasteiger partial charge in [0.25, 0.3) is 5.56 Å². The third-order valence-corrected chi connectivity index (χ3v) is 1.97. The molecule has 0 aliphatic rings. The molecule has 0 bridgehead atoms. The molecule has 0 saturated carbocycles. The lowest BCUT2D eigenvalue weighted by atomic mass is 10.4. The smallest absolute Gasteiger partial charge is 0.265 e. The minimum absolute atomic E-state index is 0.188. The Morgan fingerprint density at radius 2 is 2.55 bits per heavy atom. The molecule has 0 amide bonds. The number of aromatic amines is 1. The van der Waals surface area contributed by atoms with Crippen LogP contribution in [0.25, 0.3) is 0 Å². The third-order valence-electron chi connectivity index (χ3n) is 1.15. The number of H-pyrrole nitrogens is 1. The summed E-state index contributed by atoms with van der Waals surface area (Å²) in [4.78, 5) is 17.2. The van der Waals surface area contributed by atoms with E-state index in [1.807, 2.05) is 0 Å². The molecule has 0 aliphatic carbocycles. The van der Waals surface area contributed by atoms with Crippen LogP contribution < -0.4 is 5.56 Å². The quantitative estimate of drug-likeness (QED) is 0.795. The zero-order chi connectivity index (χ0) is 8.27. The van der Waals surface area contributed by atoms with Crippen molar-refractivity contribution in [3.63, 3.8) is 0 Å². The van der Waals surface area contributed by atoms with Crippen LogP contribution in [0.2, 0.25) is 0 Å². The lowest BCUT2D eigenvalue weighted by molar-refractivity contribution is 0.180. The summed E-state index contributed by atoms with van der Waals surface area (Å²) in [6.07, 6.45) is 1.35. The summed E-state index contributed by atoms with van der Waals surface area (Å²) in [6, 6.07) is 0. The molecule has 4 nitrogen and oxygen atoms in total. The summed E-state index contributed by atoms with van der Waals surface area (Å²) in [6.45, 7) is 0.338. The zero-order valence-corrected chi connectivity index (χ0v) is 7.51. The highest BCUT2D eigenvalue weighted by Crippen LogP contribution is 2.07. The van der Waals surface area contributed by atoms with Gasteiger partial charge in [0.1, 0.15) is 4.47 Å². The molecular weight excluding hydrogens is 212 g/mol. The van der Waals surface area contributed by atoms with Crippen LogP contribution in [-0.4, -0.2) is 17.1 Å². The van der Waals surface area contributed by atoms with Crippen LogP contribution in [0, 0.1) is 0 Å². The van der Waals surface area contributed by atoms with Gasteiger partial charge in [-0.3, -0.25) is 4.79 Å². The fourth-order valence-electron chi connectivity index (χ4n) is 0.657. The van der Waals surface area contributed by atoms with Crippen molar-refractivity contribution >= 4 is 15.9 Å². The number of hydrogen-bond acceptors (Lipinski definition) is 3. The molecule has 0 spiro atoms. The summed E-state index contributed by atoms with van der Waals surface area (Å²) in [5.41, 5.74) is 0.420. The number of nitrogens with zero attached hydrogens (tertiary/aromatic N) is 1. The van der Waals surface area contributed by atoms with E-state index < -0.39 is 0 Å². The Bertz CT molecular complexity index is 297. The maximum absolute atomic E-state index is 10.9. The van der Waals surface area contributed by atoms with Crippen LogP contribution >= 0.6 is 15.9 Å². The Balaban J connectivity index is 3.06. The van der Waals surface area contributed by atoms with Crippen molar-refractivity contribution in [2.75, 3.05) is 7.11 Å². The second kappa shape index (κ2) is 3.64. The number of methoxy groups -OCH3 is 1. The van der Waals surface area contributed by atoms with Gasteiger partial charge in [0.15, 0.2) is 0 Å². The molecule has 0 radical (unpaired) electrons. The third kappa shape index (κ3) is 1.87. The first-order valence-corrected chi connectivity index (χ1v) is 3.76. The van der Waals surface area contributed by atoms with Gasteiger partial charge in [0.2, 0.25) is 0 Å². The van der Waals surface area contributed by atoms with Crippen LogP contribution in [0.15, 0.2) is 15.6 Å². The highest BCUT2D eigenvalue weighted by atomic mass is 79.9. The van der Waals surface area contributed by atoms with Gasteiger partial charge in [0.05, 0.1) is 18.6 Å². The SMILES string of the molecule is COCc1nc[nH]c(=O)c1Br. The largest absolute Gasteiger partial charge is 0.378 e. The predicted molar refractivity (Wildman–Crippen MR) is 43.3 cm³/mol. The fourth-order valence-corrected chi connectivity index (χ4v) is 0.989. The zero-order valence-electron chi connectivity index (χ0n) is 5.93. The first-order chi connectivity index (χ1) is 5.25. The van der Waals surface area contributed by atoms with Crippen LogP contribution in [0.5, 0.6) is 0 Å². The van der Waals surface area contributed by atoms with Gasteiger partial charge in [-0.1, -0.05) is 0 Å². The van der Waals surface area contributed by atoms with E-state index in [0.717, 1.165) is 0 Å². The van der Waals surface area contributed by atoms with Crippen molar-refractivity contribution in [1.29, 1.82) is 0 Å². The van der Waals surface area contributed by atoms with E-state index in [2.05, 4.69) is 25.9 Å². The van der Waals surface area contributed by atoms with E-state index in [-0.39, 0.29) is 5.56 Å². The average Bonchev–Trinajstić information content (AvgIpc) is 1.99. The van der Waals surface area contributed by atoms with E-state index in [0.29, 0.717) is 16.8 Å². The monoisotopic (exact) mass is 218 g/mol. The maximum Gasteiger partial charge on any atom is 0.265 e. The summed E-state index contributed by atoms with van der Waals surface area (Å²) in [5, 5.41) is 0. The van der Waals surface area contributed by atoms with Gasteiger partial charge in [-0.25, -0.2) is 4.98 Å². The molecule has 1 heterocycles. The molecule has 1 aromatic heterocycles. The van der Waals surface area contributed by atoms with Crippen LogP contribution in [0.1, 0.15) is 5.69 Å². The van der Waals surface area contributed by atoms with E-state index in [1.165, 1.54) is 6.33 Å². The van der Waals surface area contributed by atoms with Gasteiger partial charge in [-0.2, -0.15) is 0 Å². The van der Waals surface area contributed by atoms with E-state index in [9.17, 15) is 4.79 Å². The minimum atomic E-state index is -0.188. The lowest BCUT2D eigenvalue weighted by Crippen LogP contribution is -2.10. The van der Waals surface area contributed by atoms with Gasteiger partial charge in [-0.05, 0) is 15.9 Å². The van der Waals surface area contributed by atoms with Crippen molar-refractivity contribution in [3.8, 4) is 0 Å². The second-order valence-corrected chi connectivity index (χ2v) is 2.72. The molecule has 1 N–H and O–H groups in total. The number of halogens is 1. The number of nitrogens with one attached hydrogen (secondary N) is 1. The number of rotatable bonds is 2. The summed E-state index contributed by atoms with van der Waals surface area (Å²) < 4.78 is 5.25. The molecular formula is C6H7BrN2O2. The molecule has 0 aromatic carbocycles. The Kier molecular flexibility index (Phi) is 2.78. The molecule has 0 unspecified atom stereocenters. The minimum Gasteiger partial charge on any atom is -0.378 e. The van der Waals surface area contributed by atoms with Gasteiger partial charge >= 0.3 is 0 Å². The molecule has 1 rings (SSSR count). The van der Waals surface area contributed by atoms with Crippen molar-refractivity contribution in [2.45, 2.75) is 6.61 Å². The summed E-state index contributed by atoms with van der Waals surface area (Å²) in [7, 11) is 1.55. The molecule has 0 aliphatic heterocycles. The molecule has 0 atom stereocenters. The first-order valence-electron chi connectivity index (χ1n) is 2.96. The highest BCUT2D eigenvalue weighted by Gasteiger charge is 2.02. The molecule has 60 valence electrons. The molecule has 1 aromatic rings. The van der Waals surface area contributed by atoms with Gasteiger partial charge in [0, 0.05) is 7.11 Å². The van der Waals surface area contributed by atoms with Crippen molar-refractivity contribution in [2.24, 2.45) is 0 Å². The first kappa shape index (κ1) is 8.42. The van der Waals surface area contributed by atoms with Gasteiger partial charge < -0.3 is 9.72 Å². The molecule has 0 fully saturated rings. The van der Waals surface area contributed by atoms with E-state index in [4.69, 9.17) is 4.74 Å². The van der Waals surface area contributed by atoms with E-state index >= 15 is 0 Å². The maximum atomic E-state index is 10.9. The predicted octanol–water partition coefficient (Wildman–Crippen LogP) is 0.679. The molecule has 0 saturated heterocycles. The summed E-state index contributed by atoms with van der Waals surface area (Å²) in [5.74, 6) is 0. The normalized spacial score (nSPS) is 10.0. The van der Waals surface area contributed by atoms with Crippen molar-refractivity contribution in [1.82, 2.24) is 9.97 Å². The Hall–Kier alpha value is -0.680. The average molecular weight is 219 g/mol.